The molecule has 0 radical (unpaired) electrons. The molecule has 2 aromatic heterocycles. The predicted octanol–water partition coefficient (Wildman–Crippen LogP) is 4.04. The molecule has 1 aliphatic rings. The molecule has 1 amide bonds. The van der Waals surface area contributed by atoms with Crippen molar-refractivity contribution in [2.24, 2.45) is 5.92 Å². The van der Waals surface area contributed by atoms with E-state index in [1.807, 2.05) is 17.0 Å². The molecule has 2 aromatic rings. The van der Waals surface area contributed by atoms with Crippen molar-refractivity contribution < 1.29 is 4.79 Å². The van der Waals surface area contributed by atoms with E-state index < -0.39 is 0 Å². The number of aromatic nitrogens is 2. The summed E-state index contributed by atoms with van der Waals surface area (Å²) in [5, 5.41) is 1.59. The van der Waals surface area contributed by atoms with Crippen LogP contribution in [0.1, 0.15) is 44.7 Å². The Balaban J connectivity index is 1.68. The Hall–Kier alpha value is -1.68. The molecular formula is C18H22ClN3O. The molecule has 1 fully saturated rings. The molecule has 122 valence electrons. The highest BCUT2D eigenvalue weighted by molar-refractivity contribution is 6.31. The number of halogens is 1. The molecule has 4 nitrogen and oxygen atoms in total. The normalized spacial score (nSPS) is 16.3. The first-order valence-corrected chi connectivity index (χ1v) is 8.60. The fourth-order valence-electron chi connectivity index (χ4n) is 3.13. The van der Waals surface area contributed by atoms with Gasteiger partial charge in [-0.05, 0) is 37.0 Å². The van der Waals surface area contributed by atoms with Crippen LogP contribution in [-0.4, -0.2) is 33.9 Å². The van der Waals surface area contributed by atoms with Gasteiger partial charge in [-0.2, -0.15) is 0 Å². The van der Waals surface area contributed by atoms with Gasteiger partial charge in [-0.1, -0.05) is 25.4 Å². The largest absolute Gasteiger partial charge is 0.343 e. The van der Waals surface area contributed by atoms with Crippen LogP contribution >= 0.6 is 11.6 Å². The fraction of sp³-hybridized carbons (Fsp3) is 0.500. The van der Waals surface area contributed by atoms with Crippen LogP contribution in [-0.2, 0) is 4.79 Å². The van der Waals surface area contributed by atoms with E-state index in [1.54, 1.807) is 6.20 Å². The summed E-state index contributed by atoms with van der Waals surface area (Å²) >= 11 is 5.96. The Morgan fingerprint density at radius 3 is 2.78 bits per heavy atom. The molecule has 1 saturated heterocycles. The zero-order valence-corrected chi connectivity index (χ0v) is 14.4. The van der Waals surface area contributed by atoms with E-state index in [9.17, 15) is 4.79 Å². The first kappa shape index (κ1) is 16.2. The molecule has 3 heterocycles. The van der Waals surface area contributed by atoms with Crippen molar-refractivity contribution in [2.45, 2.75) is 39.0 Å². The second kappa shape index (κ2) is 6.83. The number of amides is 1. The third-order valence-corrected chi connectivity index (χ3v) is 4.59. The van der Waals surface area contributed by atoms with Crippen LogP contribution < -0.4 is 0 Å². The minimum atomic E-state index is 0.279. The van der Waals surface area contributed by atoms with Crippen LogP contribution in [0.2, 0.25) is 5.02 Å². The fourth-order valence-corrected chi connectivity index (χ4v) is 3.30. The van der Waals surface area contributed by atoms with Gasteiger partial charge in [0.15, 0.2) is 5.65 Å². The summed E-state index contributed by atoms with van der Waals surface area (Å²) in [5.41, 5.74) is 1.81. The summed E-state index contributed by atoms with van der Waals surface area (Å²) in [4.78, 5) is 23.1. The second-order valence-electron chi connectivity index (χ2n) is 6.69. The van der Waals surface area contributed by atoms with Crippen molar-refractivity contribution in [1.29, 1.82) is 0 Å². The van der Waals surface area contributed by atoms with Crippen LogP contribution in [0.25, 0.3) is 11.0 Å². The topological polar surface area (TPSA) is 46.1 Å². The molecule has 3 rings (SSSR count). The molecule has 1 aliphatic heterocycles. The van der Waals surface area contributed by atoms with Crippen LogP contribution in [0.15, 0.2) is 24.4 Å². The van der Waals surface area contributed by atoms with Crippen LogP contribution in [0.4, 0.5) is 0 Å². The molecule has 5 heteroatoms. The molecule has 0 bridgehead atoms. The van der Waals surface area contributed by atoms with Gasteiger partial charge in [0, 0.05) is 42.7 Å². The summed E-state index contributed by atoms with van der Waals surface area (Å²) in [6.07, 6.45) is 4.21. The molecular weight excluding hydrogens is 310 g/mol. The van der Waals surface area contributed by atoms with E-state index in [4.69, 9.17) is 11.6 Å². The summed E-state index contributed by atoms with van der Waals surface area (Å²) in [7, 11) is 0. The quantitative estimate of drug-likeness (QED) is 0.852. The lowest BCUT2D eigenvalue weighted by Crippen LogP contribution is -2.38. The molecule has 0 aromatic carbocycles. The summed E-state index contributed by atoms with van der Waals surface area (Å²) < 4.78 is 0. The van der Waals surface area contributed by atoms with Gasteiger partial charge in [0.05, 0.1) is 5.02 Å². The average Bonchev–Trinajstić information content (AvgIpc) is 2.54. The summed E-state index contributed by atoms with van der Waals surface area (Å²) in [6.45, 7) is 5.82. The number of carbonyl (C=O) groups is 1. The van der Waals surface area contributed by atoms with Gasteiger partial charge < -0.3 is 4.90 Å². The van der Waals surface area contributed by atoms with Gasteiger partial charge in [0.2, 0.25) is 5.91 Å². The highest BCUT2D eigenvalue weighted by Crippen LogP contribution is 2.28. The predicted molar refractivity (Wildman–Crippen MR) is 92.6 cm³/mol. The SMILES string of the molecule is CC(C)CC(=O)N1CCC(c2ccc3cc(Cl)cnc3n2)CC1. The van der Waals surface area contributed by atoms with E-state index in [0.29, 0.717) is 23.3 Å². The smallest absolute Gasteiger partial charge is 0.222 e. The highest BCUT2D eigenvalue weighted by atomic mass is 35.5. The lowest BCUT2D eigenvalue weighted by Gasteiger charge is -2.32. The van der Waals surface area contributed by atoms with Gasteiger partial charge in [0.25, 0.3) is 0 Å². The van der Waals surface area contributed by atoms with Crippen molar-refractivity contribution >= 4 is 28.5 Å². The molecule has 0 N–H and O–H groups in total. The Kier molecular flexibility index (Phi) is 4.81. The maximum absolute atomic E-state index is 12.1. The number of likely N-dealkylation sites (tertiary alicyclic amines) is 1. The first-order chi connectivity index (χ1) is 11.0. The van der Waals surface area contributed by atoms with E-state index in [1.165, 1.54) is 0 Å². The lowest BCUT2D eigenvalue weighted by molar-refractivity contribution is -0.133. The van der Waals surface area contributed by atoms with Crippen LogP contribution in [0.5, 0.6) is 0 Å². The molecule has 0 unspecified atom stereocenters. The second-order valence-corrected chi connectivity index (χ2v) is 7.13. The maximum Gasteiger partial charge on any atom is 0.222 e. The monoisotopic (exact) mass is 331 g/mol. The standard InChI is InChI=1S/C18H22ClN3O/c1-12(2)9-17(23)22-7-5-13(6-8-22)16-4-3-14-10-15(19)11-20-18(14)21-16/h3-4,10-13H,5-9H2,1-2H3. The molecule has 0 spiro atoms. The Morgan fingerprint density at radius 2 is 2.09 bits per heavy atom. The minimum Gasteiger partial charge on any atom is -0.343 e. The molecule has 0 saturated carbocycles. The van der Waals surface area contributed by atoms with E-state index in [0.717, 1.165) is 42.7 Å². The number of carbonyl (C=O) groups excluding carboxylic acids is 1. The van der Waals surface area contributed by atoms with E-state index in [2.05, 4.69) is 29.9 Å². The third kappa shape index (κ3) is 3.81. The van der Waals surface area contributed by atoms with Gasteiger partial charge in [-0.3, -0.25) is 4.79 Å². The average molecular weight is 332 g/mol. The van der Waals surface area contributed by atoms with Crippen LogP contribution in [0, 0.1) is 5.92 Å². The van der Waals surface area contributed by atoms with Crippen molar-refractivity contribution in [1.82, 2.24) is 14.9 Å². The lowest BCUT2D eigenvalue weighted by atomic mass is 9.92. The van der Waals surface area contributed by atoms with Gasteiger partial charge in [0.1, 0.15) is 0 Å². The van der Waals surface area contributed by atoms with Crippen LogP contribution in [0.3, 0.4) is 0 Å². The number of hydrogen-bond acceptors (Lipinski definition) is 3. The van der Waals surface area contributed by atoms with Crippen molar-refractivity contribution in [3.8, 4) is 0 Å². The number of pyridine rings is 2. The first-order valence-electron chi connectivity index (χ1n) is 8.23. The zero-order valence-electron chi connectivity index (χ0n) is 13.6. The Labute approximate surface area is 141 Å². The number of hydrogen-bond donors (Lipinski definition) is 0. The highest BCUT2D eigenvalue weighted by Gasteiger charge is 2.25. The maximum atomic E-state index is 12.1. The van der Waals surface area contributed by atoms with Gasteiger partial charge in [-0.25, -0.2) is 9.97 Å². The molecule has 0 atom stereocenters. The van der Waals surface area contributed by atoms with Crippen molar-refractivity contribution in [3.63, 3.8) is 0 Å². The number of rotatable bonds is 3. The van der Waals surface area contributed by atoms with E-state index >= 15 is 0 Å². The number of fused-ring (bicyclic) bond motifs is 1. The molecule has 23 heavy (non-hydrogen) atoms. The Bertz CT molecular complexity index is 708. The zero-order chi connectivity index (χ0) is 16.4. The van der Waals surface area contributed by atoms with Crippen molar-refractivity contribution in [2.75, 3.05) is 13.1 Å². The number of nitrogens with zero attached hydrogens (tertiary/aromatic N) is 3. The Morgan fingerprint density at radius 1 is 1.35 bits per heavy atom. The minimum absolute atomic E-state index is 0.279. The summed E-state index contributed by atoms with van der Waals surface area (Å²) in [6, 6.07) is 5.98. The summed E-state index contributed by atoms with van der Waals surface area (Å²) in [5.74, 6) is 1.10. The van der Waals surface area contributed by atoms with Gasteiger partial charge in [-0.15, -0.1) is 0 Å². The van der Waals surface area contributed by atoms with E-state index in [-0.39, 0.29) is 5.91 Å². The third-order valence-electron chi connectivity index (χ3n) is 4.38. The van der Waals surface area contributed by atoms with Crippen molar-refractivity contribution in [3.05, 3.63) is 35.1 Å². The number of piperidine rings is 1. The molecule has 0 aliphatic carbocycles. The van der Waals surface area contributed by atoms with Gasteiger partial charge >= 0.3 is 0 Å².